The molecule has 1 saturated heterocycles. The van der Waals surface area contributed by atoms with E-state index in [1.54, 1.807) is 34.9 Å². The maximum Gasteiger partial charge on any atom is 0.261 e. The number of hydrogen-bond donors (Lipinski definition) is 0. The molecule has 3 aromatic rings. The van der Waals surface area contributed by atoms with Gasteiger partial charge in [-0.1, -0.05) is 6.07 Å². The second kappa shape index (κ2) is 7.32. The molecule has 0 N–H and O–H groups in total. The van der Waals surface area contributed by atoms with Crippen molar-refractivity contribution in [3.8, 4) is 5.75 Å². The van der Waals surface area contributed by atoms with Gasteiger partial charge in [0.2, 0.25) is 0 Å². The molecule has 5 heterocycles. The number of amides is 1. The lowest BCUT2D eigenvalue weighted by atomic mass is 9.83. The van der Waals surface area contributed by atoms with Crippen LogP contribution in [0, 0.1) is 5.92 Å². The molecular formula is C24H24N4O4. The Morgan fingerprint density at radius 1 is 1.09 bits per heavy atom. The van der Waals surface area contributed by atoms with E-state index in [4.69, 9.17) is 4.74 Å². The van der Waals surface area contributed by atoms with Crippen molar-refractivity contribution in [2.45, 2.75) is 38.3 Å². The molecule has 2 bridgehead atoms. The molecule has 2 aromatic heterocycles. The first kappa shape index (κ1) is 19.3. The Labute approximate surface area is 184 Å². The van der Waals surface area contributed by atoms with E-state index in [2.05, 4.69) is 4.98 Å². The quantitative estimate of drug-likeness (QED) is 0.627. The van der Waals surface area contributed by atoms with Crippen LogP contribution in [-0.2, 0) is 24.3 Å². The van der Waals surface area contributed by atoms with Gasteiger partial charge in [0.05, 0.1) is 10.9 Å². The summed E-state index contributed by atoms with van der Waals surface area (Å²) in [5.41, 5.74) is 1.67. The zero-order chi connectivity index (χ0) is 21.8. The molecule has 0 spiro atoms. The molecule has 1 fully saturated rings. The Kier molecular flexibility index (Phi) is 4.41. The van der Waals surface area contributed by atoms with Gasteiger partial charge in [-0.3, -0.25) is 19.0 Å². The van der Waals surface area contributed by atoms with Crippen molar-refractivity contribution < 1.29 is 9.53 Å². The lowest BCUT2D eigenvalue weighted by Crippen LogP contribution is -2.50. The minimum absolute atomic E-state index is 0.0349. The minimum Gasteiger partial charge on any atom is -0.484 e. The SMILES string of the molecule is O=C(COc1ccc2nc3n(c(=O)c2c1)CCC3)N1C[C@H]2C[C@H](C1)c1cccc(=O)n1C2. The maximum absolute atomic E-state index is 12.9. The van der Waals surface area contributed by atoms with Gasteiger partial charge in [0.1, 0.15) is 11.6 Å². The summed E-state index contributed by atoms with van der Waals surface area (Å²) in [7, 11) is 0. The van der Waals surface area contributed by atoms with Crippen LogP contribution in [0.4, 0.5) is 0 Å². The highest BCUT2D eigenvalue weighted by molar-refractivity contribution is 5.80. The molecule has 8 heteroatoms. The highest BCUT2D eigenvalue weighted by atomic mass is 16.5. The van der Waals surface area contributed by atoms with Gasteiger partial charge in [-0.15, -0.1) is 0 Å². The standard InChI is InChI=1S/C24H24N4O4/c29-22-5-1-3-20-16-9-15(12-28(20)22)11-26(13-16)23(30)14-32-17-6-7-19-18(10-17)24(31)27-8-2-4-21(27)25-19/h1,3,5-7,10,15-16H,2,4,8-9,11-14H2/t15-,16-/m1/s1. The first-order valence-electron chi connectivity index (χ1n) is 11.2. The first-order valence-corrected chi connectivity index (χ1v) is 11.2. The van der Waals surface area contributed by atoms with Crippen molar-refractivity contribution in [3.05, 3.63) is 68.6 Å². The third kappa shape index (κ3) is 3.13. The van der Waals surface area contributed by atoms with Crippen LogP contribution >= 0.6 is 0 Å². The summed E-state index contributed by atoms with van der Waals surface area (Å²) >= 11 is 0. The van der Waals surface area contributed by atoms with Crippen LogP contribution in [0.5, 0.6) is 5.75 Å². The van der Waals surface area contributed by atoms with Crippen molar-refractivity contribution in [1.29, 1.82) is 0 Å². The minimum atomic E-state index is -0.0771. The van der Waals surface area contributed by atoms with Crippen LogP contribution < -0.4 is 15.9 Å². The van der Waals surface area contributed by atoms with E-state index in [9.17, 15) is 14.4 Å². The number of aromatic nitrogens is 3. The zero-order valence-corrected chi connectivity index (χ0v) is 17.7. The molecule has 1 aromatic carbocycles. The number of ether oxygens (including phenoxy) is 1. The molecule has 164 valence electrons. The summed E-state index contributed by atoms with van der Waals surface area (Å²) in [5, 5.41) is 0.523. The van der Waals surface area contributed by atoms with Gasteiger partial charge in [-0.2, -0.15) is 0 Å². The monoisotopic (exact) mass is 432 g/mol. The maximum atomic E-state index is 12.9. The fourth-order valence-electron chi connectivity index (χ4n) is 5.49. The van der Waals surface area contributed by atoms with Crippen LogP contribution in [0.2, 0.25) is 0 Å². The van der Waals surface area contributed by atoms with Crippen LogP contribution in [0.1, 0.15) is 30.3 Å². The summed E-state index contributed by atoms with van der Waals surface area (Å²) in [6.07, 6.45) is 2.77. The number of likely N-dealkylation sites (tertiary alicyclic amines) is 1. The highest BCUT2D eigenvalue weighted by Gasteiger charge is 2.36. The number of benzene rings is 1. The number of aryl methyl sites for hydroxylation is 1. The predicted molar refractivity (Wildman–Crippen MR) is 118 cm³/mol. The lowest BCUT2D eigenvalue weighted by Gasteiger charge is -2.42. The second-order valence-electron chi connectivity index (χ2n) is 9.05. The van der Waals surface area contributed by atoms with Crippen molar-refractivity contribution in [3.63, 3.8) is 0 Å². The average Bonchev–Trinajstić information content (AvgIpc) is 3.27. The van der Waals surface area contributed by atoms with Crippen LogP contribution in [0.15, 0.2) is 46.0 Å². The summed E-state index contributed by atoms with van der Waals surface area (Å²) < 4.78 is 9.38. The smallest absolute Gasteiger partial charge is 0.261 e. The third-order valence-electron chi connectivity index (χ3n) is 6.98. The molecule has 2 atom stereocenters. The van der Waals surface area contributed by atoms with Gasteiger partial charge < -0.3 is 14.2 Å². The number of rotatable bonds is 3. The second-order valence-corrected chi connectivity index (χ2v) is 9.05. The first-order chi connectivity index (χ1) is 15.6. The number of hydrogen-bond acceptors (Lipinski definition) is 5. The number of nitrogens with zero attached hydrogens (tertiary/aromatic N) is 4. The molecule has 3 aliphatic rings. The van der Waals surface area contributed by atoms with Crippen molar-refractivity contribution >= 4 is 16.8 Å². The molecule has 0 radical (unpaired) electrons. The van der Waals surface area contributed by atoms with Gasteiger partial charge in [0.25, 0.3) is 17.0 Å². The Morgan fingerprint density at radius 2 is 2.00 bits per heavy atom. The van der Waals surface area contributed by atoms with Crippen molar-refractivity contribution in [2.24, 2.45) is 5.92 Å². The van der Waals surface area contributed by atoms with Gasteiger partial charge in [0, 0.05) is 50.3 Å². The largest absolute Gasteiger partial charge is 0.484 e. The molecule has 0 aliphatic carbocycles. The van der Waals surface area contributed by atoms with Gasteiger partial charge in [-0.25, -0.2) is 4.98 Å². The summed E-state index contributed by atoms with van der Waals surface area (Å²) in [6.45, 7) is 2.51. The topological polar surface area (TPSA) is 86.4 Å². The molecule has 3 aliphatic heterocycles. The van der Waals surface area contributed by atoms with E-state index in [1.807, 2.05) is 15.5 Å². The fourth-order valence-corrected chi connectivity index (χ4v) is 5.49. The number of carbonyl (C=O) groups is 1. The van der Waals surface area contributed by atoms with Gasteiger partial charge in [0.15, 0.2) is 6.61 Å². The summed E-state index contributed by atoms with van der Waals surface area (Å²) in [6, 6.07) is 10.6. The Bertz CT molecular complexity index is 1360. The highest BCUT2D eigenvalue weighted by Crippen LogP contribution is 2.35. The van der Waals surface area contributed by atoms with E-state index >= 15 is 0 Å². The predicted octanol–water partition coefficient (Wildman–Crippen LogP) is 1.53. The van der Waals surface area contributed by atoms with E-state index in [-0.39, 0.29) is 35.5 Å². The number of carbonyl (C=O) groups excluding carboxylic acids is 1. The molecule has 0 saturated carbocycles. The molecule has 0 unspecified atom stereocenters. The summed E-state index contributed by atoms with van der Waals surface area (Å²) in [4.78, 5) is 44.3. The van der Waals surface area contributed by atoms with Gasteiger partial charge in [-0.05, 0) is 43.0 Å². The van der Waals surface area contributed by atoms with E-state index in [0.717, 1.165) is 30.8 Å². The average molecular weight is 432 g/mol. The number of piperidine rings is 1. The van der Waals surface area contributed by atoms with Gasteiger partial charge >= 0.3 is 0 Å². The zero-order valence-electron chi connectivity index (χ0n) is 17.7. The summed E-state index contributed by atoms with van der Waals surface area (Å²) in [5.74, 6) is 1.71. The Hall–Kier alpha value is -3.42. The van der Waals surface area contributed by atoms with Crippen LogP contribution in [0.3, 0.4) is 0 Å². The van der Waals surface area contributed by atoms with E-state index in [0.29, 0.717) is 42.8 Å². The lowest BCUT2D eigenvalue weighted by molar-refractivity contribution is -0.136. The van der Waals surface area contributed by atoms with E-state index in [1.165, 1.54) is 0 Å². The van der Waals surface area contributed by atoms with Crippen LogP contribution in [0.25, 0.3) is 10.9 Å². The van der Waals surface area contributed by atoms with Crippen molar-refractivity contribution in [2.75, 3.05) is 19.7 Å². The van der Waals surface area contributed by atoms with E-state index < -0.39 is 0 Å². The van der Waals surface area contributed by atoms with Crippen LogP contribution in [-0.4, -0.2) is 44.6 Å². The Balaban J connectivity index is 1.18. The molecule has 6 rings (SSSR count). The molecule has 8 nitrogen and oxygen atoms in total. The third-order valence-corrected chi connectivity index (χ3v) is 6.98. The number of fused-ring (bicyclic) bond motifs is 6. The fraction of sp³-hybridized carbons (Fsp3) is 0.417. The molecule has 32 heavy (non-hydrogen) atoms. The normalized spacial score (nSPS) is 21.3. The Morgan fingerprint density at radius 3 is 2.91 bits per heavy atom. The number of pyridine rings is 1. The molecule has 1 amide bonds. The molecular weight excluding hydrogens is 408 g/mol. The van der Waals surface area contributed by atoms with Crippen molar-refractivity contribution in [1.82, 2.24) is 19.0 Å².